The molecule has 0 saturated heterocycles. The molecular weight excluding hydrogens is 446 g/mol. The number of fused-ring (bicyclic) bond motifs is 1. The van der Waals surface area contributed by atoms with E-state index in [2.05, 4.69) is 26.3 Å². The highest BCUT2D eigenvalue weighted by Gasteiger charge is 2.20. The smallest absolute Gasteiger partial charge is 0.267 e. The number of halogens is 1. The van der Waals surface area contributed by atoms with Crippen LogP contribution < -0.4 is 16.4 Å². The summed E-state index contributed by atoms with van der Waals surface area (Å²) >= 11 is 6.03. The molecule has 0 radical (unpaired) electrons. The average molecular weight is 466 g/mol. The molecule has 2 heterocycles. The fourth-order valence-corrected chi connectivity index (χ4v) is 3.57. The van der Waals surface area contributed by atoms with Crippen molar-refractivity contribution in [3.63, 3.8) is 0 Å². The van der Waals surface area contributed by atoms with Gasteiger partial charge in [-0.25, -0.2) is 9.36 Å². The van der Waals surface area contributed by atoms with Gasteiger partial charge in [-0.2, -0.15) is 5.10 Å². The molecule has 0 saturated carbocycles. The van der Waals surface area contributed by atoms with E-state index in [0.29, 0.717) is 40.1 Å². The van der Waals surface area contributed by atoms with Crippen molar-refractivity contribution >= 4 is 34.2 Å². The van der Waals surface area contributed by atoms with Crippen LogP contribution in [0, 0.1) is 6.92 Å². The summed E-state index contributed by atoms with van der Waals surface area (Å²) < 4.78 is 2.72. The maximum absolute atomic E-state index is 12.9. The van der Waals surface area contributed by atoms with Crippen molar-refractivity contribution < 1.29 is 9.59 Å². The highest BCUT2D eigenvalue weighted by molar-refractivity contribution is 6.30. The second-order valence-electron chi connectivity index (χ2n) is 7.25. The number of amides is 2. The minimum Gasteiger partial charge on any atom is -0.267 e. The van der Waals surface area contributed by atoms with Gasteiger partial charge in [0.2, 0.25) is 0 Å². The molecule has 0 atom stereocenters. The maximum Gasteiger partial charge on any atom is 0.292 e. The average Bonchev–Trinajstić information content (AvgIpc) is 3.20. The van der Waals surface area contributed by atoms with Gasteiger partial charge in [0.05, 0.1) is 16.8 Å². The lowest BCUT2D eigenvalue weighted by Crippen LogP contribution is -2.43. The van der Waals surface area contributed by atoms with E-state index in [0.717, 1.165) is 0 Å². The molecule has 4 rings (SSSR count). The van der Waals surface area contributed by atoms with Crippen LogP contribution >= 0.6 is 11.6 Å². The van der Waals surface area contributed by atoms with Crippen LogP contribution in [0.5, 0.6) is 0 Å². The van der Waals surface area contributed by atoms with Crippen molar-refractivity contribution in [2.75, 3.05) is 0 Å². The van der Waals surface area contributed by atoms with E-state index in [1.807, 2.05) is 6.92 Å². The zero-order chi connectivity index (χ0) is 23.5. The molecule has 33 heavy (non-hydrogen) atoms. The molecule has 168 valence electrons. The van der Waals surface area contributed by atoms with Crippen LogP contribution in [0.4, 0.5) is 0 Å². The molecule has 11 heteroatoms. The lowest BCUT2D eigenvalue weighted by Gasteiger charge is -2.11. The maximum atomic E-state index is 12.9. The number of hydrogen-bond donors (Lipinski definition) is 2. The van der Waals surface area contributed by atoms with Gasteiger partial charge in [-0.05, 0) is 37.6 Å². The summed E-state index contributed by atoms with van der Waals surface area (Å²) in [6.45, 7) is 3.94. The lowest BCUT2D eigenvalue weighted by molar-refractivity contribution is 0.0840. The predicted octanol–water partition coefficient (Wildman–Crippen LogP) is 2.42. The summed E-state index contributed by atoms with van der Waals surface area (Å²) in [6, 6.07) is 13.6. The molecule has 2 amide bonds. The Balaban J connectivity index is 1.57. The third-order valence-electron chi connectivity index (χ3n) is 4.97. The van der Waals surface area contributed by atoms with Crippen LogP contribution in [-0.4, -0.2) is 36.6 Å². The van der Waals surface area contributed by atoms with Crippen molar-refractivity contribution in [2.45, 2.75) is 26.8 Å². The molecule has 0 fully saturated rings. The van der Waals surface area contributed by atoms with E-state index in [1.54, 1.807) is 55.5 Å². The molecule has 4 aromatic rings. The largest absolute Gasteiger partial charge is 0.292 e. The first-order valence-electron chi connectivity index (χ1n) is 10.2. The van der Waals surface area contributed by atoms with Gasteiger partial charge < -0.3 is 0 Å². The molecule has 10 nitrogen and oxygen atoms in total. The first-order valence-corrected chi connectivity index (χ1v) is 10.6. The van der Waals surface area contributed by atoms with Crippen LogP contribution in [0.25, 0.3) is 16.5 Å². The summed E-state index contributed by atoms with van der Waals surface area (Å²) in [4.78, 5) is 38.1. The van der Waals surface area contributed by atoms with Crippen molar-refractivity contribution in [2.24, 2.45) is 0 Å². The number of carbonyl (C=O) groups is 2. The number of rotatable bonds is 5. The van der Waals surface area contributed by atoms with E-state index in [9.17, 15) is 14.4 Å². The van der Waals surface area contributed by atoms with Crippen molar-refractivity contribution in [1.82, 2.24) is 35.6 Å². The van der Waals surface area contributed by atoms with Crippen molar-refractivity contribution in [1.29, 1.82) is 0 Å². The van der Waals surface area contributed by atoms with Gasteiger partial charge in [0.25, 0.3) is 17.4 Å². The van der Waals surface area contributed by atoms with E-state index in [4.69, 9.17) is 11.6 Å². The quantitative estimate of drug-likeness (QED) is 0.436. The van der Waals surface area contributed by atoms with Crippen LogP contribution in [0.3, 0.4) is 0 Å². The predicted molar refractivity (Wildman–Crippen MR) is 122 cm³/mol. The number of carbonyl (C=O) groups excluding carboxylic acids is 2. The van der Waals surface area contributed by atoms with Crippen LogP contribution in [0.15, 0.2) is 53.3 Å². The Morgan fingerprint density at radius 1 is 1.00 bits per heavy atom. The van der Waals surface area contributed by atoms with Crippen LogP contribution in [0.1, 0.15) is 40.0 Å². The Labute approximate surface area is 193 Å². The monoisotopic (exact) mass is 465 g/mol. The molecule has 0 unspecified atom stereocenters. The lowest BCUT2D eigenvalue weighted by atomic mass is 10.1. The van der Waals surface area contributed by atoms with E-state index >= 15 is 0 Å². The molecule has 0 aliphatic carbocycles. The van der Waals surface area contributed by atoms with E-state index in [1.165, 1.54) is 9.36 Å². The molecule has 2 aromatic heterocycles. The standard InChI is InChI=1S/C22H20ClN7O3/c1-3-11-29-22(33)17-10-5-4-9-16(17)19(27-29)21(32)26-25-20(31)18-13(2)30(28-24-18)15-8-6-7-14(23)12-15/h4-10,12H,3,11H2,1-2H3,(H,25,31)(H,26,32). The Morgan fingerprint density at radius 2 is 1.70 bits per heavy atom. The number of aryl methyl sites for hydroxylation is 1. The van der Waals surface area contributed by atoms with E-state index in [-0.39, 0.29) is 16.9 Å². The first kappa shape index (κ1) is 22.2. The summed E-state index contributed by atoms with van der Waals surface area (Å²) in [6.07, 6.45) is 0.671. The van der Waals surface area contributed by atoms with Crippen molar-refractivity contribution in [3.8, 4) is 5.69 Å². The number of aromatic nitrogens is 5. The topological polar surface area (TPSA) is 124 Å². The third-order valence-corrected chi connectivity index (χ3v) is 5.21. The van der Waals surface area contributed by atoms with E-state index < -0.39 is 11.8 Å². The number of nitrogens with one attached hydrogen (secondary N) is 2. The van der Waals surface area contributed by atoms with Gasteiger partial charge in [-0.15, -0.1) is 5.10 Å². The van der Waals surface area contributed by atoms with Gasteiger partial charge in [-0.1, -0.05) is 48.0 Å². The number of benzene rings is 2. The molecule has 0 spiro atoms. The minimum absolute atomic E-state index is 0.0262. The molecule has 0 bridgehead atoms. The van der Waals surface area contributed by atoms with Gasteiger partial charge in [0.15, 0.2) is 11.4 Å². The molecule has 0 aliphatic rings. The minimum atomic E-state index is -0.663. The molecular formula is C22H20ClN7O3. The fraction of sp³-hybridized carbons (Fsp3) is 0.182. The Bertz CT molecular complexity index is 1430. The fourth-order valence-electron chi connectivity index (χ4n) is 3.39. The zero-order valence-electron chi connectivity index (χ0n) is 17.9. The van der Waals surface area contributed by atoms with Gasteiger partial charge >= 0.3 is 0 Å². The third kappa shape index (κ3) is 4.33. The van der Waals surface area contributed by atoms with Gasteiger partial charge in [-0.3, -0.25) is 25.2 Å². The highest BCUT2D eigenvalue weighted by Crippen LogP contribution is 2.17. The number of hydrazine groups is 1. The van der Waals surface area contributed by atoms with Crippen LogP contribution in [0.2, 0.25) is 5.02 Å². The second kappa shape index (κ2) is 9.21. The summed E-state index contributed by atoms with van der Waals surface area (Å²) in [5, 5.41) is 13.4. The number of hydrogen-bond acceptors (Lipinski definition) is 6. The Morgan fingerprint density at radius 3 is 2.39 bits per heavy atom. The number of nitrogens with zero attached hydrogens (tertiary/aromatic N) is 5. The van der Waals surface area contributed by atoms with Crippen molar-refractivity contribution in [3.05, 3.63) is 81.0 Å². The summed E-state index contributed by atoms with van der Waals surface area (Å²) in [7, 11) is 0. The Hall–Kier alpha value is -4.05. The van der Waals surface area contributed by atoms with Crippen LogP contribution in [-0.2, 0) is 6.54 Å². The first-order chi connectivity index (χ1) is 15.9. The summed E-state index contributed by atoms with van der Waals surface area (Å²) in [5.41, 5.74) is 5.57. The highest BCUT2D eigenvalue weighted by atomic mass is 35.5. The molecule has 2 N–H and O–H groups in total. The van der Waals surface area contributed by atoms with Gasteiger partial charge in [0, 0.05) is 17.0 Å². The molecule has 2 aromatic carbocycles. The summed E-state index contributed by atoms with van der Waals surface area (Å²) in [5.74, 6) is -1.32. The second-order valence-corrected chi connectivity index (χ2v) is 7.68. The Kier molecular flexibility index (Phi) is 6.18. The SMILES string of the molecule is CCCn1nc(C(=O)NNC(=O)c2nnn(-c3cccc(Cl)c3)c2C)c2ccccc2c1=O. The van der Waals surface area contributed by atoms with Gasteiger partial charge in [0.1, 0.15) is 0 Å². The zero-order valence-corrected chi connectivity index (χ0v) is 18.6. The molecule has 0 aliphatic heterocycles. The normalized spacial score (nSPS) is 10.9.